The first-order chi connectivity index (χ1) is 13.5. The van der Waals surface area contributed by atoms with Crippen LogP contribution < -0.4 is 10.5 Å². The summed E-state index contributed by atoms with van der Waals surface area (Å²) in [5, 5.41) is 19.3. The number of nitriles is 1. The van der Waals surface area contributed by atoms with E-state index in [9.17, 15) is 15.2 Å². The van der Waals surface area contributed by atoms with Gasteiger partial charge in [-0.15, -0.1) is 0 Å². The maximum atomic E-state index is 12.5. The molecule has 7 nitrogen and oxygen atoms in total. The average molecular weight is 381 g/mol. The molecule has 0 amide bonds. The van der Waals surface area contributed by atoms with E-state index in [1.54, 1.807) is 0 Å². The third-order valence-electron chi connectivity index (χ3n) is 6.71. The number of hydrogen-bond donors (Lipinski definition) is 2. The highest BCUT2D eigenvalue weighted by atomic mass is 16.3. The van der Waals surface area contributed by atoms with Gasteiger partial charge in [0, 0.05) is 37.4 Å². The van der Waals surface area contributed by atoms with Gasteiger partial charge in [-0.05, 0) is 50.8 Å². The van der Waals surface area contributed by atoms with Gasteiger partial charge in [0.25, 0.3) is 5.56 Å². The molecule has 0 radical (unpaired) electrons. The second kappa shape index (κ2) is 7.10. The van der Waals surface area contributed by atoms with Crippen LogP contribution in [-0.4, -0.2) is 54.0 Å². The molecule has 0 atom stereocenters. The van der Waals surface area contributed by atoms with Crippen molar-refractivity contribution in [1.82, 2.24) is 9.88 Å². The Morgan fingerprint density at radius 1 is 1.36 bits per heavy atom. The van der Waals surface area contributed by atoms with Gasteiger partial charge in [0.1, 0.15) is 17.5 Å². The van der Waals surface area contributed by atoms with Gasteiger partial charge in [0.2, 0.25) is 0 Å². The van der Waals surface area contributed by atoms with Crippen LogP contribution in [0, 0.1) is 23.7 Å². The summed E-state index contributed by atoms with van der Waals surface area (Å²) < 4.78 is 0. The van der Waals surface area contributed by atoms with Crippen molar-refractivity contribution in [3.8, 4) is 6.07 Å². The smallest absolute Gasteiger partial charge is 0.268 e. The molecule has 0 bridgehead atoms. The quantitative estimate of drug-likeness (QED) is 0.778. The predicted octanol–water partition coefficient (Wildman–Crippen LogP) is 2.00. The molecule has 3 heterocycles. The topological polar surface area (TPSA) is 95.7 Å². The molecule has 0 aromatic carbocycles. The van der Waals surface area contributed by atoms with Crippen molar-refractivity contribution in [3.05, 3.63) is 33.0 Å². The number of aromatic nitrogens is 1. The number of likely N-dealkylation sites (tertiary alicyclic amines) is 1. The standard InChI is InChI=1S/C21H27N5O2/c1-14-16(10-18(23-2)26-12-15(27)13-26)19(17(11-22)20(28)24-14)25-8-6-21(7-9-25)4-3-5-21/h10,15,27H,2-9,12-13H2,1H3,(H,24,28)/b18-10+. The van der Waals surface area contributed by atoms with Crippen LogP contribution in [-0.2, 0) is 0 Å². The summed E-state index contributed by atoms with van der Waals surface area (Å²) in [6.07, 6.45) is 7.67. The molecule has 7 heteroatoms. The zero-order valence-electron chi connectivity index (χ0n) is 16.4. The number of aliphatic imine (C=N–C) groups is 1. The molecule has 2 N–H and O–H groups in total. The van der Waals surface area contributed by atoms with Crippen molar-refractivity contribution >= 4 is 18.5 Å². The first kappa shape index (κ1) is 18.8. The Hall–Kier alpha value is -2.59. The van der Waals surface area contributed by atoms with Crippen LogP contribution >= 0.6 is 0 Å². The van der Waals surface area contributed by atoms with Crippen molar-refractivity contribution in [2.45, 2.75) is 45.1 Å². The molecule has 1 aromatic rings. The number of nitrogens with one attached hydrogen (secondary N) is 1. The van der Waals surface area contributed by atoms with Gasteiger partial charge in [-0.3, -0.25) is 4.79 Å². The number of aryl methyl sites for hydroxylation is 1. The Balaban J connectivity index is 1.74. The fourth-order valence-electron chi connectivity index (χ4n) is 4.72. The van der Waals surface area contributed by atoms with Gasteiger partial charge in [0.15, 0.2) is 0 Å². The number of nitrogens with zero attached hydrogens (tertiary/aromatic N) is 4. The largest absolute Gasteiger partial charge is 0.389 e. The monoisotopic (exact) mass is 381 g/mol. The van der Waals surface area contributed by atoms with Crippen molar-refractivity contribution in [2.75, 3.05) is 31.1 Å². The highest BCUT2D eigenvalue weighted by Gasteiger charge is 2.40. The van der Waals surface area contributed by atoms with Crippen LogP contribution in [0.3, 0.4) is 0 Å². The van der Waals surface area contributed by atoms with Crippen molar-refractivity contribution < 1.29 is 5.11 Å². The molecule has 3 aliphatic rings. The Morgan fingerprint density at radius 3 is 2.54 bits per heavy atom. The number of pyridine rings is 1. The van der Waals surface area contributed by atoms with Crippen LogP contribution in [0.15, 0.2) is 15.6 Å². The lowest BCUT2D eigenvalue weighted by molar-refractivity contribution is 0.0248. The number of aliphatic hydroxyl groups is 1. The lowest BCUT2D eigenvalue weighted by Gasteiger charge is -2.48. The Bertz CT molecular complexity index is 906. The number of β-amino-alcohol motifs (C(OH)–C–C–N with tert-alkyl or cyclic N) is 1. The first-order valence-corrected chi connectivity index (χ1v) is 10.00. The number of piperidine rings is 1. The minimum Gasteiger partial charge on any atom is -0.389 e. The van der Waals surface area contributed by atoms with Crippen LogP contribution in [0.4, 0.5) is 5.69 Å². The number of H-pyrrole nitrogens is 1. The summed E-state index contributed by atoms with van der Waals surface area (Å²) in [4.78, 5) is 23.5. The van der Waals surface area contributed by atoms with Crippen molar-refractivity contribution in [3.63, 3.8) is 0 Å². The van der Waals surface area contributed by atoms with E-state index in [0.717, 1.165) is 31.5 Å². The van der Waals surface area contributed by atoms with E-state index in [1.807, 2.05) is 17.9 Å². The van der Waals surface area contributed by atoms with Gasteiger partial charge >= 0.3 is 0 Å². The summed E-state index contributed by atoms with van der Waals surface area (Å²) in [5.41, 5.74) is 2.53. The van der Waals surface area contributed by atoms with Crippen LogP contribution in [0.5, 0.6) is 0 Å². The fraction of sp³-hybridized carbons (Fsp3) is 0.571. The molecular formula is C21H27N5O2. The number of anilines is 1. The second-order valence-corrected chi connectivity index (χ2v) is 8.39. The molecule has 1 spiro atoms. The van der Waals surface area contributed by atoms with Gasteiger partial charge in [-0.25, -0.2) is 4.99 Å². The third kappa shape index (κ3) is 3.12. The third-order valence-corrected chi connectivity index (χ3v) is 6.71. The van der Waals surface area contributed by atoms with Gasteiger partial charge in [0.05, 0.1) is 11.8 Å². The lowest BCUT2D eigenvalue weighted by Crippen LogP contribution is -2.49. The molecule has 2 saturated heterocycles. The molecule has 1 aliphatic carbocycles. The average Bonchev–Trinajstić information content (AvgIpc) is 2.64. The van der Waals surface area contributed by atoms with Crippen LogP contribution in [0.25, 0.3) is 6.08 Å². The number of aromatic amines is 1. The normalized spacial score (nSPS) is 21.8. The molecule has 2 aliphatic heterocycles. The summed E-state index contributed by atoms with van der Waals surface area (Å²) >= 11 is 0. The highest BCUT2D eigenvalue weighted by molar-refractivity contribution is 5.76. The Labute approximate surface area is 165 Å². The molecule has 1 aromatic heterocycles. The van der Waals surface area contributed by atoms with E-state index in [1.165, 1.54) is 19.3 Å². The SMILES string of the molecule is C=N/C(=C\c1c(C)[nH]c(=O)c(C#N)c1N1CCC2(CCC2)CC1)N1CC(O)C1. The molecule has 1 saturated carbocycles. The zero-order chi connectivity index (χ0) is 19.9. The summed E-state index contributed by atoms with van der Waals surface area (Å²) in [6.45, 7) is 8.26. The number of hydrogen-bond acceptors (Lipinski definition) is 6. The van der Waals surface area contributed by atoms with E-state index in [4.69, 9.17) is 0 Å². The molecule has 28 heavy (non-hydrogen) atoms. The van der Waals surface area contributed by atoms with Gasteiger partial charge in [-0.1, -0.05) is 6.42 Å². The minimum absolute atomic E-state index is 0.161. The molecular weight excluding hydrogens is 354 g/mol. The maximum Gasteiger partial charge on any atom is 0.268 e. The Morgan fingerprint density at radius 2 is 2.04 bits per heavy atom. The van der Waals surface area contributed by atoms with E-state index in [0.29, 0.717) is 35.7 Å². The maximum absolute atomic E-state index is 12.5. The summed E-state index contributed by atoms with van der Waals surface area (Å²) in [7, 11) is 0. The summed E-state index contributed by atoms with van der Waals surface area (Å²) in [5.74, 6) is 0.651. The molecule has 4 rings (SSSR count). The summed E-state index contributed by atoms with van der Waals surface area (Å²) in [6, 6.07) is 2.12. The van der Waals surface area contributed by atoms with Crippen molar-refractivity contribution in [1.29, 1.82) is 5.26 Å². The van der Waals surface area contributed by atoms with E-state index in [-0.39, 0.29) is 17.2 Å². The Kier molecular flexibility index (Phi) is 4.76. The van der Waals surface area contributed by atoms with Gasteiger partial charge in [-0.2, -0.15) is 5.26 Å². The number of aliphatic hydroxyl groups excluding tert-OH is 1. The zero-order valence-corrected chi connectivity index (χ0v) is 16.4. The number of rotatable bonds is 4. The van der Waals surface area contributed by atoms with Crippen LogP contribution in [0.1, 0.15) is 48.9 Å². The van der Waals surface area contributed by atoms with Crippen LogP contribution in [0.2, 0.25) is 0 Å². The van der Waals surface area contributed by atoms with E-state index in [2.05, 4.69) is 27.7 Å². The minimum atomic E-state index is -0.350. The van der Waals surface area contributed by atoms with Gasteiger partial charge < -0.3 is 19.9 Å². The predicted molar refractivity (Wildman–Crippen MR) is 109 cm³/mol. The second-order valence-electron chi connectivity index (χ2n) is 8.39. The van der Waals surface area contributed by atoms with Crippen molar-refractivity contribution in [2.24, 2.45) is 10.4 Å². The van der Waals surface area contributed by atoms with E-state index < -0.39 is 0 Å². The first-order valence-electron chi connectivity index (χ1n) is 10.00. The fourth-order valence-corrected chi connectivity index (χ4v) is 4.72. The lowest BCUT2D eigenvalue weighted by atomic mass is 9.63. The highest BCUT2D eigenvalue weighted by Crippen LogP contribution is 2.49. The molecule has 0 unspecified atom stereocenters. The van der Waals surface area contributed by atoms with E-state index >= 15 is 0 Å². The molecule has 3 fully saturated rings. The molecule has 148 valence electrons.